The van der Waals surface area contributed by atoms with Crippen LogP contribution >= 0.6 is 0 Å². The lowest BCUT2D eigenvalue weighted by Crippen LogP contribution is -2.26. The first-order valence-electron chi connectivity index (χ1n) is 45.0. The van der Waals surface area contributed by atoms with Gasteiger partial charge in [0.25, 0.3) is 5.91 Å². The number of hydrogen-bond donors (Lipinski definition) is 8. The standard InChI is InChI=1S/C27H28FN5O.C25H25FN4O2.C24H23FN4O2.C18H20FNO2.C7H9N3O2/c1-15(26-32-23-13-24(30-14-25(23)33-26)27(34)31-19-7-8-19)16-2-4-17(5-3-16)20-10-11-29-22-9-6-18(28)12-21(20)22;1-14(24-29-21-12-22(25(31)32-2)28-13-23(21)30-24)15-3-5-16(6-4-15)18-9-10-27-20-8-7-17(26)11-19(18)20;1-13(23-28-20-11-21(24(30)31)27-12-22(20)29-23)14-2-4-15(5-3-14)17-8-9-26-19-7-6-16(25)10-18(17)19;1-11(18(21)22)12-2-4-13(5-3-12)15-8-9-20-17-7-6-14(19)10-16(15)17;1-12-7(11)6-2-4(8)5(9)3-10-6/h6,9-17,19H,2-5,7-8H2,1H3,(H,31,34)(H,32,33);7-16H,3-6H2,1-2H3,(H,29,30);6-15H,2-5H2,1H3,(H,28,29)(H,30,31);6-13H,2-5H2,1H3,(H,21,22);2-3H,9H2,1H3,(H2,8,10)/t;;;11-,12?,13?;/m...1./s1. The minimum Gasteiger partial charge on any atom is -0.481 e. The number of halogens is 4. The zero-order valence-electron chi connectivity index (χ0n) is 73.7. The third kappa shape index (κ3) is 20.9. The molecular formula is C101H105F4N17O9. The average molecular weight is 1780 g/mol. The number of amides is 1. The number of nitrogens with two attached hydrogens (primary N) is 2. The maximum Gasteiger partial charge on any atom is 0.356 e. The lowest BCUT2D eigenvalue weighted by Gasteiger charge is -2.32. The van der Waals surface area contributed by atoms with Gasteiger partial charge in [-0.1, -0.05) is 27.7 Å². The van der Waals surface area contributed by atoms with Crippen LogP contribution in [0.4, 0.5) is 28.9 Å². The highest BCUT2D eigenvalue weighted by molar-refractivity contribution is 5.96. The van der Waals surface area contributed by atoms with Crippen molar-refractivity contribution in [1.82, 2.24) is 75.1 Å². The molecule has 5 saturated carbocycles. The molecule has 30 heteroatoms. The molecular weight excluding hydrogens is 1670 g/mol. The van der Waals surface area contributed by atoms with Gasteiger partial charge in [-0.15, -0.1) is 0 Å². The number of carbonyl (C=O) groups is 5. The molecule has 11 aromatic heterocycles. The number of esters is 2. The topological polar surface area (TPSA) is 398 Å². The summed E-state index contributed by atoms with van der Waals surface area (Å²) in [5, 5.41) is 24.9. The molecule has 5 aliphatic rings. The molecule has 1 amide bonds. The van der Waals surface area contributed by atoms with Crippen molar-refractivity contribution >= 4 is 118 Å². The SMILES string of the molecule is CC(c1nc2cc(C(=O)NC3CC3)ncc2[nH]1)C1CCC(c2ccnc3ccc(F)cc23)CC1.CC(c1nc2cc(C(=O)O)ncc2[nH]1)C1CCC(c2ccnc3ccc(F)cc23)CC1.COC(=O)c1cc(N)c(N)cn1.COC(=O)c1cc2nc(C(C)C3CCC(c4ccnc5ccc(F)cc45)CC3)[nH]c2cn1.C[C@@H](C(=O)O)C1CCC(c2ccnc3ccc(F)cc23)CC1. The van der Waals surface area contributed by atoms with Gasteiger partial charge in [-0.25, -0.2) is 66.8 Å². The fourth-order valence-corrected chi connectivity index (χ4v) is 19.7. The third-order valence-corrected chi connectivity index (χ3v) is 27.6. The number of H-pyrrole nitrogens is 3. The Balaban J connectivity index is 0.000000123. The van der Waals surface area contributed by atoms with Gasteiger partial charge in [0.1, 0.15) is 52.1 Å². The van der Waals surface area contributed by atoms with Crippen LogP contribution in [0.2, 0.25) is 0 Å². The van der Waals surface area contributed by atoms with Crippen LogP contribution in [0.3, 0.4) is 0 Å². The van der Waals surface area contributed by atoms with Gasteiger partial charge in [0.15, 0.2) is 11.4 Å². The number of ether oxygens (including phenoxy) is 2. The molecule has 20 rings (SSSR count). The van der Waals surface area contributed by atoms with E-state index in [0.717, 1.165) is 210 Å². The quantitative estimate of drug-likeness (QED) is 0.0310. The minimum atomic E-state index is -1.05. The Kier molecular flexibility index (Phi) is 27.7. The molecule has 10 N–H and O–H groups in total. The van der Waals surface area contributed by atoms with Gasteiger partial charge in [-0.05, 0) is 306 Å². The number of nitrogens with zero attached hydrogens (tertiary/aromatic N) is 11. The van der Waals surface area contributed by atoms with Crippen molar-refractivity contribution < 1.29 is 61.2 Å². The number of carboxylic acid groups (broad SMARTS) is 2. The van der Waals surface area contributed by atoms with Gasteiger partial charge >= 0.3 is 23.9 Å². The highest BCUT2D eigenvalue weighted by atomic mass is 19.1. The molecule has 0 bridgehead atoms. The van der Waals surface area contributed by atoms with E-state index in [1.165, 1.54) is 79.7 Å². The molecule has 0 radical (unpaired) electrons. The van der Waals surface area contributed by atoms with Crippen LogP contribution < -0.4 is 16.8 Å². The number of aromatic carboxylic acids is 1. The summed E-state index contributed by atoms with van der Waals surface area (Å²) < 4.78 is 64.3. The number of methoxy groups -OCH3 is 2. The monoisotopic (exact) mass is 1780 g/mol. The molecule has 3 unspecified atom stereocenters. The molecule has 4 atom stereocenters. The summed E-state index contributed by atoms with van der Waals surface area (Å²) in [5.74, 6) is 2.81. The molecule has 0 aliphatic heterocycles. The van der Waals surface area contributed by atoms with Crippen LogP contribution in [0.5, 0.6) is 0 Å². The first-order chi connectivity index (χ1) is 63.3. The fourth-order valence-electron chi connectivity index (χ4n) is 19.7. The smallest absolute Gasteiger partial charge is 0.356 e. The van der Waals surface area contributed by atoms with Crippen LogP contribution in [-0.4, -0.2) is 130 Å². The lowest BCUT2D eigenvalue weighted by atomic mass is 9.73. The number of pyridine rings is 8. The molecule has 5 aliphatic carbocycles. The number of aromatic nitrogens is 14. The molecule has 5 fully saturated rings. The highest BCUT2D eigenvalue weighted by Crippen LogP contribution is 2.48. The summed E-state index contributed by atoms with van der Waals surface area (Å²) >= 11 is 0. The molecule has 26 nitrogen and oxygen atoms in total. The van der Waals surface area contributed by atoms with E-state index in [1.54, 1.807) is 86.2 Å². The van der Waals surface area contributed by atoms with E-state index in [4.69, 9.17) is 36.4 Å². The largest absolute Gasteiger partial charge is 0.481 e. The molecule has 131 heavy (non-hydrogen) atoms. The number of imidazole rings is 3. The number of benzene rings is 4. The van der Waals surface area contributed by atoms with Crippen molar-refractivity contribution in [3.63, 3.8) is 0 Å². The molecule has 11 heterocycles. The molecule has 0 spiro atoms. The summed E-state index contributed by atoms with van der Waals surface area (Å²) in [7, 11) is 2.62. The Hall–Kier alpha value is -13.8. The number of aliphatic carboxylic acids is 1. The number of aromatic amines is 3. The van der Waals surface area contributed by atoms with Crippen molar-refractivity contribution in [3.05, 3.63) is 257 Å². The van der Waals surface area contributed by atoms with Crippen LogP contribution in [0.15, 0.2) is 171 Å². The normalized spacial score (nSPS) is 20.0. The number of anilines is 2. The second kappa shape index (κ2) is 40.1. The van der Waals surface area contributed by atoms with Gasteiger partial charge in [-0.2, -0.15) is 0 Å². The molecule has 676 valence electrons. The second-order valence-corrected chi connectivity index (χ2v) is 35.5. The van der Waals surface area contributed by atoms with Crippen molar-refractivity contribution in [3.8, 4) is 0 Å². The van der Waals surface area contributed by atoms with Gasteiger partial charge < -0.3 is 51.4 Å². The summed E-state index contributed by atoms with van der Waals surface area (Å²) in [6, 6.07) is 33.9. The van der Waals surface area contributed by atoms with E-state index in [0.29, 0.717) is 70.1 Å². The zero-order valence-corrected chi connectivity index (χ0v) is 73.7. The summed E-state index contributed by atoms with van der Waals surface area (Å²) in [6.07, 6.45) is 32.1. The molecule has 4 aromatic carbocycles. The number of nitrogens with one attached hydrogen (secondary N) is 4. The summed E-state index contributed by atoms with van der Waals surface area (Å²) in [5.41, 5.74) is 25.0. The maximum atomic E-state index is 13.9. The number of hydrogen-bond acceptors (Lipinski definition) is 20. The average Bonchev–Trinajstić information content (AvgIpc) is 1.78. The van der Waals surface area contributed by atoms with Gasteiger partial charge in [-0.3, -0.25) is 29.5 Å². The maximum absolute atomic E-state index is 13.9. The Bertz CT molecular complexity index is 6710. The predicted molar refractivity (Wildman–Crippen MR) is 492 cm³/mol. The van der Waals surface area contributed by atoms with E-state index in [9.17, 15) is 41.5 Å². The Morgan fingerprint density at radius 1 is 0.366 bits per heavy atom. The zero-order chi connectivity index (χ0) is 91.8. The van der Waals surface area contributed by atoms with E-state index in [1.807, 2.05) is 36.8 Å². The van der Waals surface area contributed by atoms with Crippen LogP contribution in [0.25, 0.3) is 76.7 Å². The van der Waals surface area contributed by atoms with Gasteiger partial charge in [0.05, 0.1) is 111 Å². The summed E-state index contributed by atoms with van der Waals surface area (Å²) in [6.45, 7) is 8.40. The van der Waals surface area contributed by atoms with Crippen molar-refractivity contribution in [1.29, 1.82) is 0 Å². The van der Waals surface area contributed by atoms with Crippen molar-refractivity contribution in [2.45, 2.75) is 191 Å². The lowest BCUT2D eigenvalue weighted by molar-refractivity contribution is -0.143. The third-order valence-electron chi connectivity index (χ3n) is 27.6. The summed E-state index contributed by atoms with van der Waals surface area (Å²) in [4.78, 5) is 115. The second-order valence-electron chi connectivity index (χ2n) is 35.5. The van der Waals surface area contributed by atoms with E-state index >= 15 is 0 Å². The van der Waals surface area contributed by atoms with Crippen molar-refractivity contribution in [2.24, 2.45) is 29.6 Å². The number of rotatable bonds is 17. The first-order valence-corrected chi connectivity index (χ1v) is 45.0. The Labute approximate surface area is 752 Å². The Morgan fingerprint density at radius 3 is 0.992 bits per heavy atom. The van der Waals surface area contributed by atoms with E-state index in [-0.39, 0.29) is 75.8 Å². The highest BCUT2D eigenvalue weighted by Gasteiger charge is 2.36. The number of carboxylic acids is 2. The van der Waals surface area contributed by atoms with E-state index in [2.05, 4.69) is 96.7 Å². The van der Waals surface area contributed by atoms with Crippen LogP contribution in [-0.2, 0) is 14.3 Å². The van der Waals surface area contributed by atoms with Crippen molar-refractivity contribution in [2.75, 3.05) is 25.7 Å². The number of fused-ring (bicyclic) bond motifs is 7. The number of nitrogen functional groups attached to an aromatic ring is 2. The Morgan fingerprint density at radius 2 is 0.672 bits per heavy atom. The molecule has 15 aromatic rings. The van der Waals surface area contributed by atoms with Crippen LogP contribution in [0, 0.1) is 52.9 Å². The van der Waals surface area contributed by atoms with E-state index < -0.39 is 23.9 Å². The minimum absolute atomic E-state index is 0.000254. The predicted octanol–water partition coefficient (Wildman–Crippen LogP) is 20.9. The number of carbonyl (C=O) groups excluding carboxylic acids is 3. The molecule has 0 saturated heterocycles. The van der Waals surface area contributed by atoms with Gasteiger partial charge in [0.2, 0.25) is 0 Å². The first kappa shape index (κ1) is 90.5. The van der Waals surface area contributed by atoms with Crippen LogP contribution in [0.1, 0.15) is 266 Å². The van der Waals surface area contributed by atoms with Gasteiger partial charge in [0, 0.05) is 70.1 Å². The fraction of sp³-hybridized carbons (Fsp3) is 0.366.